The molecule has 4 heteroatoms. The van der Waals surface area contributed by atoms with Crippen LogP contribution in [-0.4, -0.2) is 30.7 Å². The van der Waals surface area contributed by atoms with Crippen LogP contribution in [0.2, 0.25) is 0 Å². The van der Waals surface area contributed by atoms with Gasteiger partial charge in [-0.3, -0.25) is 9.69 Å². The van der Waals surface area contributed by atoms with E-state index in [1.807, 2.05) is 30.1 Å². The fourth-order valence-corrected chi connectivity index (χ4v) is 1.88. The molecule has 0 aromatic heterocycles. The van der Waals surface area contributed by atoms with Crippen LogP contribution in [0.4, 0.5) is 5.69 Å². The first-order valence-corrected chi connectivity index (χ1v) is 5.23. The number of carbonyl (C=O) groups excluding carboxylic acids is 2. The van der Waals surface area contributed by atoms with E-state index >= 15 is 0 Å². The number of benzene rings is 1. The molecule has 0 atom stereocenters. The average Bonchev–Trinajstić information content (AvgIpc) is 2.57. The molecule has 0 bridgehead atoms. The smallest absolute Gasteiger partial charge is 0.228 e. The second-order valence-corrected chi connectivity index (χ2v) is 4.08. The van der Waals surface area contributed by atoms with Crippen molar-refractivity contribution in [3.8, 4) is 0 Å². The lowest BCUT2D eigenvalue weighted by Gasteiger charge is -2.13. The largest absolute Gasteiger partial charge is 0.326 e. The molecule has 1 aliphatic rings. The third-order valence-corrected chi connectivity index (χ3v) is 2.63. The molecule has 16 heavy (non-hydrogen) atoms. The summed E-state index contributed by atoms with van der Waals surface area (Å²) in [5.74, 6) is 0.0494. The van der Waals surface area contributed by atoms with E-state index in [0.29, 0.717) is 13.0 Å². The molecule has 1 aliphatic heterocycles. The van der Waals surface area contributed by atoms with E-state index in [-0.39, 0.29) is 5.91 Å². The first-order chi connectivity index (χ1) is 7.69. The predicted octanol–water partition coefficient (Wildman–Crippen LogP) is 0.812. The van der Waals surface area contributed by atoms with E-state index < -0.39 is 0 Å². The maximum Gasteiger partial charge on any atom is 0.228 e. The molecular weight excluding hydrogens is 204 g/mol. The molecule has 0 saturated heterocycles. The fourth-order valence-electron chi connectivity index (χ4n) is 1.88. The van der Waals surface area contributed by atoms with Gasteiger partial charge in [0.1, 0.15) is 6.29 Å². The lowest BCUT2D eigenvalue weighted by molar-refractivity contribution is -0.115. The van der Waals surface area contributed by atoms with Crippen LogP contribution in [0.3, 0.4) is 0 Å². The minimum absolute atomic E-state index is 0.0494. The summed E-state index contributed by atoms with van der Waals surface area (Å²) >= 11 is 0. The zero-order valence-electron chi connectivity index (χ0n) is 9.19. The number of anilines is 1. The summed E-state index contributed by atoms with van der Waals surface area (Å²) in [6.07, 6.45) is 1.35. The zero-order valence-corrected chi connectivity index (χ0v) is 9.19. The summed E-state index contributed by atoms with van der Waals surface area (Å²) in [7, 11) is 1.89. The van der Waals surface area contributed by atoms with Gasteiger partial charge in [-0.1, -0.05) is 12.1 Å². The van der Waals surface area contributed by atoms with Gasteiger partial charge in [-0.05, 0) is 24.2 Å². The van der Waals surface area contributed by atoms with Gasteiger partial charge < -0.3 is 10.1 Å². The number of fused-ring (bicyclic) bond motifs is 1. The van der Waals surface area contributed by atoms with Crippen LogP contribution in [0.15, 0.2) is 18.2 Å². The van der Waals surface area contributed by atoms with Crippen LogP contribution in [0.1, 0.15) is 11.1 Å². The molecule has 0 aliphatic carbocycles. The molecule has 84 valence electrons. The second kappa shape index (κ2) is 4.45. The van der Waals surface area contributed by atoms with Crippen molar-refractivity contribution in [3.05, 3.63) is 29.3 Å². The average molecular weight is 218 g/mol. The Balaban J connectivity index is 2.10. The SMILES string of the molecule is CN(CC=O)Cc1ccc2c(c1)CC(=O)N2. The molecule has 1 heterocycles. The Hall–Kier alpha value is -1.68. The summed E-state index contributed by atoms with van der Waals surface area (Å²) in [5.41, 5.74) is 3.08. The molecule has 1 aromatic rings. The van der Waals surface area contributed by atoms with Crippen LogP contribution < -0.4 is 5.32 Å². The van der Waals surface area contributed by atoms with Crippen molar-refractivity contribution in [3.63, 3.8) is 0 Å². The summed E-state index contributed by atoms with van der Waals surface area (Å²) < 4.78 is 0. The third-order valence-electron chi connectivity index (χ3n) is 2.63. The Morgan fingerprint density at radius 1 is 1.50 bits per heavy atom. The van der Waals surface area contributed by atoms with E-state index in [0.717, 1.165) is 29.6 Å². The third kappa shape index (κ3) is 2.28. The number of rotatable bonds is 4. The molecule has 0 saturated carbocycles. The Labute approximate surface area is 94.2 Å². The molecule has 1 N–H and O–H groups in total. The fraction of sp³-hybridized carbons (Fsp3) is 0.333. The topological polar surface area (TPSA) is 49.4 Å². The number of nitrogens with zero attached hydrogens (tertiary/aromatic N) is 1. The lowest BCUT2D eigenvalue weighted by Crippen LogP contribution is -2.19. The molecule has 1 aromatic carbocycles. The van der Waals surface area contributed by atoms with Crippen molar-refractivity contribution in [2.45, 2.75) is 13.0 Å². The normalized spacial score (nSPS) is 13.8. The monoisotopic (exact) mass is 218 g/mol. The highest BCUT2D eigenvalue weighted by atomic mass is 16.1. The first kappa shape index (κ1) is 10.8. The molecular formula is C12H14N2O2. The quantitative estimate of drug-likeness (QED) is 0.761. The van der Waals surface area contributed by atoms with Crippen LogP contribution in [-0.2, 0) is 22.6 Å². The van der Waals surface area contributed by atoms with E-state index in [1.54, 1.807) is 0 Å². The summed E-state index contributed by atoms with van der Waals surface area (Å²) in [4.78, 5) is 23.4. The molecule has 4 nitrogen and oxygen atoms in total. The van der Waals surface area contributed by atoms with Crippen molar-refractivity contribution in [1.82, 2.24) is 4.90 Å². The van der Waals surface area contributed by atoms with Gasteiger partial charge in [0.05, 0.1) is 13.0 Å². The predicted molar refractivity (Wildman–Crippen MR) is 61.2 cm³/mol. The van der Waals surface area contributed by atoms with Gasteiger partial charge >= 0.3 is 0 Å². The van der Waals surface area contributed by atoms with Gasteiger partial charge in [-0.15, -0.1) is 0 Å². The molecule has 0 radical (unpaired) electrons. The molecule has 1 amide bonds. The number of carbonyl (C=O) groups is 2. The lowest BCUT2D eigenvalue weighted by atomic mass is 10.1. The first-order valence-electron chi connectivity index (χ1n) is 5.23. The van der Waals surface area contributed by atoms with Crippen molar-refractivity contribution in [1.29, 1.82) is 0 Å². The Kier molecular flexibility index (Phi) is 3.01. The van der Waals surface area contributed by atoms with Gasteiger partial charge in [-0.2, -0.15) is 0 Å². The highest BCUT2D eigenvalue weighted by Crippen LogP contribution is 2.24. The Bertz CT molecular complexity index is 429. The van der Waals surface area contributed by atoms with Crippen LogP contribution in [0.5, 0.6) is 0 Å². The molecule has 2 rings (SSSR count). The number of amides is 1. The van der Waals surface area contributed by atoms with Crippen molar-refractivity contribution < 1.29 is 9.59 Å². The summed E-state index contributed by atoms with van der Waals surface area (Å²) in [6.45, 7) is 1.15. The van der Waals surface area contributed by atoms with Crippen molar-refractivity contribution in [2.75, 3.05) is 18.9 Å². The summed E-state index contributed by atoms with van der Waals surface area (Å²) in [5, 5.41) is 2.79. The minimum atomic E-state index is 0.0494. The van der Waals surface area contributed by atoms with E-state index in [4.69, 9.17) is 0 Å². The number of likely N-dealkylation sites (N-methyl/N-ethyl adjacent to an activating group) is 1. The Morgan fingerprint density at radius 2 is 2.31 bits per heavy atom. The zero-order chi connectivity index (χ0) is 11.5. The second-order valence-electron chi connectivity index (χ2n) is 4.08. The molecule has 0 unspecified atom stereocenters. The van der Waals surface area contributed by atoms with Gasteiger partial charge in [-0.25, -0.2) is 0 Å². The van der Waals surface area contributed by atoms with Crippen molar-refractivity contribution >= 4 is 17.9 Å². The number of aldehydes is 1. The standard InChI is InChI=1S/C12H14N2O2/c1-14(4-5-15)8-9-2-3-11-10(6-9)7-12(16)13-11/h2-3,5-6H,4,7-8H2,1H3,(H,13,16). The van der Waals surface area contributed by atoms with Crippen LogP contribution in [0.25, 0.3) is 0 Å². The molecule has 0 fully saturated rings. The van der Waals surface area contributed by atoms with Crippen LogP contribution >= 0.6 is 0 Å². The van der Waals surface area contributed by atoms with Gasteiger partial charge in [0, 0.05) is 12.2 Å². The number of nitrogens with one attached hydrogen (secondary N) is 1. The van der Waals surface area contributed by atoms with Crippen molar-refractivity contribution in [2.24, 2.45) is 0 Å². The maximum atomic E-state index is 11.2. The van der Waals surface area contributed by atoms with E-state index in [1.165, 1.54) is 0 Å². The highest BCUT2D eigenvalue weighted by Gasteiger charge is 2.17. The Morgan fingerprint density at radius 3 is 3.06 bits per heavy atom. The van der Waals surface area contributed by atoms with Crippen LogP contribution in [0, 0.1) is 0 Å². The number of hydrogen-bond acceptors (Lipinski definition) is 3. The molecule has 0 spiro atoms. The van der Waals surface area contributed by atoms with Gasteiger partial charge in [0.15, 0.2) is 0 Å². The maximum absolute atomic E-state index is 11.2. The van der Waals surface area contributed by atoms with Gasteiger partial charge in [0.2, 0.25) is 5.91 Å². The van der Waals surface area contributed by atoms with Gasteiger partial charge in [0.25, 0.3) is 0 Å². The minimum Gasteiger partial charge on any atom is -0.326 e. The highest BCUT2D eigenvalue weighted by molar-refractivity contribution is 5.99. The van der Waals surface area contributed by atoms with E-state index in [9.17, 15) is 9.59 Å². The van der Waals surface area contributed by atoms with E-state index in [2.05, 4.69) is 5.32 Å². The number of hydrogen-bond donors (Lipinski definition) is 1. The summed E-state index contributed by atoms with van der Waals surface area (Å²) in [6, 6.07) is 5.92.